The average molecular weight is 365 g/mol. The zero-order valence-corrected chi connectivity index (χ0v) is 14.9. The first-order valence-corrected chi connectivity index (χ1v) is 9.24. The van der Waals surface area contributed by atoms with Gasteiger partial charge in [-0.1, -0.05) is 6.07 Å². The number of rotatable bonds is 1. The van der Waals surface area contributed by atoms with E-state index in [1.807, 2.05) is 43.3 Å². The second kappa shape index (κ2) is 5.47. The number of nitrogens with one attached hydrogen (secondary N) is 3. The molecule has 2 aromatic carbocycles. The van der Waals surface area contributed by atoms with Crippen LogP contribution in [-0.2, 0) is 0 Å². The van der Waals surface area contributed by atoms with Crippen molar-refractivity contribution in [2.24, 2.45) is 0 Å². The second-order valence-electron chi connectivity index (χ2n) is 6.55. The maximum atomic E-state index is 12.4. The Labute approximate surface area is 153 Å². The van der Waals surface area contributed by atoms with Crippen molar-refractivity contribution < 1.29 is 14.2 Å². The van der Waals surface area contributed by atoms with Gasteiger partial charge in [-0.05, 0) is 37.3 Å². The Bertz CT molecular complexity index is 1180. The van der Waals surface area contributed by atoms with Crippen molar-refractivity contribution in [1.82, 2.24) is 5.32 Å². The molecule has 1 unspecified atom stereocenters. The number of carbonyl (C=O) groups excluding carboxylic acids is 1. The van der Waals surface area contributed by atoms with Crippen molar-refractivity contribution in [3.8, 4) is 11.5 Å². The fourth-order valence-electron chi connectivity index (χ4n) is 3.32. The minimum Gasteiger partial charge on any atom is -0.398 e. The van der Waals surface area contributed by atoms with E-state index >= 15 is 0 Å². The number of aromatic amines is 1. The number of H-pyrrole nitrogens is 1. The third-order valence-corrected chi connectivity index (χ3v) is 5.80. The van der Waals surface area contributed by atoms with E-state index in [-0.39, 0.29) is 11.9 Å². The minimum absolute atomic E-state index is 0.0247. The zero-order chi connectivity index (χ0) is 17.8. The molecule has 0 fully saturated rings. The standard InChI is InChI=1S/C19H16N4O2S/c1-9-8-21-15-11-7-10(5-6-14(11)26-17(15)18(24)22-9)19-23-16-12(20)3-2-4-13(16)25-19/h2-7,9,21H,8,20H2,1H3,(H,22,24)/p+1. The van der Waals surface area contributed by atoms with Crippen LogP contribution in [0.3, 0.4) is 0 Å². The average Bonchev–Trinajstić information content (AvgIpc) is 3.18. The number of anilines is 2. The van der Waals surface area contributed by atoms with E-state index in [4.69, 9.17) is 10.2 Å². The van der Waals surface area contributed by atoms with Gasteiger partial charge in [0.1, 0.15) is 10.6 Å². The summed E-state index contributed by atoms with van der Waals surface area (Å²) < 4.78 is 7.00. The number of nitrogens with two attached hydrogens (primary N) is 1. The molecule has 1 aliphatic heterocycles. The van der Waals surface area contributed by atoms with Gasteiger partial charge >= 0.3 is 5.89 Å². The summed E-state index contributed by atoms with van der Waals surface area (Å²) >= 11 is 1.50. The lowest BCUT2D eigenvalue weighted by molar-refractivity contribution is -0.338. The lowest BCUT2D eigenvalue weighted by Gasteiger charge is -2.09. The van der Waals surface area contributed by atoms with Crippen molar-refractivity contribution >= 4 is 49.8 Å². The number of para-hydroxylation sites is 1. The monoisotopic (exact) mass is 365 g/mol. The van der Waals surface area contributed by atoms with E-state index < -0.39 is 0 Å². The van der Waals surface area contributed by atoms with Crippen molar-refractivity contribution in [3.05, 3.63) is 41.3 Å². The number of amides is 1. The highest BCUT2D eigenvalue weighted by molar-refractivity contribution is 7.21. The van der Waals surface area contributed by atoms with Gasteiger partial charge in [-0.25, -0.2) is 0 Å². The molecule has 0 aliphatic carbocycles. The molecular weight excluding hydrogens is 348 g/mol. The lowest BCUT2D eigenvalue weighted by Crippen LogP contribution is -2.34. The number of carbonyl (C=O) groups is 1. The Kier molecular flexibility index (Phi) is 3.20. The highest BCUT2D eigenvalue weighted by Gasteiger charge is 2.25. The Hall–Kier alpha value is -3.06. The molecule has 6 nitrogen and oxygen atoms in total. The molecule has 5 N–H and O–H groups in total. The maximum Gasteiger partial charge on any atom is 0.379 e. The van der Waals surface area contributed by atoms with Crippen molar-refractivity contribution in [2.45, 2.75) is 13.0 Å². The largest absolute Gasteiger partial charge is 0.398 e. The third kappa shape index (κ3) is 2.24. The van der Waals surface area contributed by atoms with Crippen LogP contribution in [0.25, 0.3) is 32.6 Å². The quantitative estimate of drug-likeness (QED) is 0.451. The van der Waals surface area contributed by atoms with Crippen LogP contribution in [0, 0.1) is 0 Å². The molecule has 0 saturated heterocycles. The van der Waals surface area contributed by atoms with Gasteiger partial charge in [-0.2, -0.15) is 4.98 Å². The van der Waals surface area contributed by atoms with Crippen molar-refractivity contribution in [3.63, 3.8) is 0 Å². The lowest BCUT2D eigenvalue weighted by atomic mass is 10.1. The van der Waals surface area contributed by atoms with Gasteiger partial charge in [-0.15, -0.1) is 11.3 Å². The number of nitrogen functional groups attached to an aromatic ring is 1. The fourth-order valence-corrected chi connectivity index (χ4v) is 4.38. The van der Waals surface area contributed by atoms with Crippen LogP contribution in [0.2, 0.25) is 0 Å². The topological polar surface area (TPSA) is 94.4 Å². The fraction of sp³-hybridized carbons (Fsp3) is 0.158. The van der Waals surface area contributed by atoms with Gasteiger partial charge in [0.2, 0.25) is 5.58 Å². The molecule has 130 valence electrons. The normalized spacial score (nSPS) is 17.0. The van der Waals surface area contributed by atoms with Crippen LogP contribution in [0.4, 0.5) is 11.4 Å². The van der Waals surface area contributed by atoms with E-state index in [0.29, 0.717) is 18.1 Å². The van der Waals surface area contributed by atoms with Crippen LogP contribution in [-0.4, -0.2) is 18.5 Å². The predicted octanol–water partition coefficient (Wildman–Crippen LogP) is 3.25. The van der Waals surface area contributed by atoms with Crippen LogP contribution < -0.4 is 21.4 Å². The predicted molar refractivity (Wildman–Crippen MR) is 103 cm³/mol. The summed E-state index contributed by atoms with van der Waals surface area (Å²) in [7, 11) is 0. The highest BCUT2D eigenvalue weighted by atomic mass is 32.1. The Morgan fingerprint density at radius 3 is 3.04 bits per heavy atom. The smallest absolute Gasteiger partial charge is 0.379 e. The summed E-state index contributed by atoms with van der Waals surface area (Å²) in [5, 5.41) is 7.43. The molecule has 0 spiro atoms. The summed E-state index contributed by atoms with van der Waals surface area (Å²) in [4.78, 5) is 16.4. The van der Waals surface area contributed by atoms with Gasteiger partial charge in [-0.3, -0.25) is 4.79 Å². The van der Waals surface area contributed by atoms with Crippen LogP contribution in [0.5, 0.6) is 0 Å². The molecule has 1 atom stereocenters. The first-order valence-electron chi connectivity index (χ1n) is 8.42. The number of hydrogen-bond donors (Lipinski definition) is 3. The molecule has 2 aromatic heterocycles. The van der Waals surface area contributed by atoms with Gasteiger partial charge in [0, 0.05) is 22.7 Å². The molecule has 5 rings (SSSR count). The van der Waals surface area contributed by atoms with E-state index in [0.717, 1.165) is 37.3 Å². The van der Waals surface area contributed by atoms with Gasteiger partial charge in [0.15, 0.2) is 0 Å². The summed E-state index contributed by atoms with van der Waals surface area (Å²) in [6, 6.07) is 11.7. The number of oxazole rings is 1. The molecule has 1 aliphatic rings. The van der Waals surface area contributed by atoms with E-state index in [1.54, 1.807) is 0 Å². The molecule has 0 radical (unpaired) electrons. The summed E-state index contributed by atoms with van der Waals surface area (Å²) in [6.45, 7) is 2.69. The zero-order valence-electron chi connectivity index (χ0n) is 14.1. The molecule has 4 aromatic rings. The van der Waals surface area contributed by atoms with E-state index in [9.17, 15) is 4.79 Å². The molecule has 0 saturated carbocycles. The van der Waals surface area contributed by atoms with Crippen LogP contribution in [0.1, 0.15) is 16.6 Å². The SMILES string of the molecule is CC1CNc2c(sc3ccc(-c4[nH+]c5c(N)cccc5o4)cc23)C(=O)N1. The number of aromatic nitrogens is 1. The van der Waals surface area contributed by atoms with Gasteiger partial charge in [0.05, 0.1) is 11.3 Å². The minimum atomic E-state index is -0.0247. The number of benzene rings is 2. The number of fused-ring (bicyclic) bond motifs is 4. The summed E-state index contributed by atoms with van der Waals surface area (Å²) in [5.74, 6) is 0.620. The summed E-state index contributed by atoms with van der Waals surface area (Å²) in [5.41, 5.74) is 9.97. The third-order valence-electron chi connectivity index (χ3n) is 4.63. The number of thiophene rings is 1. The Morgan fingerprint density at radius 2 is 2.19 bits per heavy atom. The molecule has 1 amide bonds. The van der Waals surface area contributed by atoms with Crippen LogP contribution in [0.15, 0.2) is 40.8 Å². The number of hydrogen-bond acceptors (Lipinski definition) is 5. The summed E-state index contributed by atoms with van der Waals surface area (Å²) in [6.07, 6.45) is 0. The van der Waals surface area contributed by atoms with Crippen LogP contribution >= 0.6 is 11.3 Å². The maximum absolute atomic E-state index is 12.4. The Morgan fingerprint density at radius 1 is 1.31 bits per heavy atom. The van der Waals surface area contributed by atoms with Gasteiger partial charge in [0.25, 0.3) is 11.4 Å². The van der Waals surface area contributed by atoms with Gasteiger partial charge < -0.3 is 20.8 Å². The highest BCUT2D eigenvalue weighted by Crippen LogP contribution is 2.39. The van der Waals surface area contributed by atoms with Crippen molar-refractivity contribution in [1.29, 1.82) is 0 Å². The molecule has 3 heterocycles. The van der Waals surface area contributed by atoms with E-state index in [2.05, 4.69) is 15.6 Å². The second-order valence-corrected chi connectivity index (χ2v) is 7.60. The molecular formula is C19H17N4O2S+. The molecule has 0 bridgehead atoms. The first kappa shape index (κ1) is 15.2. The Balaban J connectivity index is 1.68. The van der Waals surface area contributed by atoms with Crippen molar-refractivity contribution in [2.75, 3.05) is 17.6 Å². The molecule has 26 heavy (non-hydrogen) atoms. The van der Waals surface area contributed by atoms with E-state index in [1.165, 1.54) is 11.3 Å². The molecule has 7 heteroatoms. The first-order chi connectivity index (χ1) is 12.6.